The Morgan fingerprint density at radius 3 is 2.53 bits per heavy atom. The number of para-hydroxylation sites is 1. The van der Waals surface area contributed by atoms with Gasteiger partial charge in [-0.2, -0.15) is 4.68 Å². The van der Waals surface area contributed by atoms with Crippen LogP contribution in [0.15, 0.2) is 60.8 Å². The summed E-state index contributed by atoms with van der Waals surface area (Å²) in [6, 6.07) is 17.7. The van der Waals surface area contributed by atoms with Crippen molar-refractivity contribution in [2.75, 3.05) is 18.1 Å². The normalized spacial score (nSPS) is 18.7. The minimum atomic E-state index is 0.159. The molecule has 2 aromatic carbocycles. The zero-order valence-electron chi connectivity index (χ0n) is 17.8. The third kappa shape index (κ3) is 3.83. The number of rotatable bonds is 4. The fourth-order valence-electron chi connectivity index (χ4n) is 4.01. The summed E-state index contributed by atoms with van der Waals surface area (Å²) in [5, 5.41) is 13.0. The minimum absolute atomic E-state index is 0.159. The highest BCUT2D eigenvalue weighted by Crippen LogP contribution is 2.33. The molecular formula is C23H22ClN7O. The third-order valence-electron chi connectivity index (χ3n) is 5.48. The summed E-state index contributed by atoms with van der Waals surface area (Å²) in [5.41, 5.74) is 3.16. The Labute approximate surface area is 190 Å². The molecule has 1 saturated heterocycles. The van der Waals surface area contributed by atoms with Gasteiger partial charge in [-0.3, -0.25) is 0 Å². The van der Waals surface area contributed by atoms with Crippen LogP contribution in [0, 0.1) is 0 Å². The zero-order chi connectivity index (χ0) is 22.1. The maximum atomic E-state index is 6.32. The van der Waals surface area contributed by atoms with Crippen molar-refractivity contribution in [3.8, 4) is 28.3 Å². The number of nitrogens with zero attached hydrogens (tertiary/aromatic N) is 7. The van der Waals surface area contributed by atoms with Crippen LogP contribution in [0.1, 0.15) is 13.8 Å². The fraction of sp³-hybridized carbons (Fsp3) is 0.261. The van der Waals surface area contributed by atoms with E-state index in [2.05, 4.69) is 34.3 Å². The van der Waals surface area contributed by atoms with E-state index < -0.39 is 0 Å². The molecule has 1 aliphatic rings. The first-order valence-electron chi connectivity index (χ1n) is 10.4. The number of aromatic nitrogens is 6. The summed E-state index contributed by atoms with van der Waals surface area (Å²) >= 11 is 6.32. The molecule has 0 amide bonds. The van der Waals surface area contributed by atoms with Gasteiger partial charge in [0.15, 0.2) is 5.82 Å². The van der Waals surface area contributed by atoms with Crippen molar-refractivity contribution in [1.29, 1.82) is 0 Å². The summed E-state index contributed by atoms with van der Waals surface area (Å²) in [7, 11) is 0. The maximum absolute atomic E-state index is 6.32. The molecular weight excluding hydrogens is 426 g/mol. The van der Waals surface area contributed by atoms with Crippen LogP contribution in [0.5, 0.6) is 0 Å². The van der Waals surface area contributed by atoms with E-state index in [0.717, 1.165) is 22.5 Å². The largest absolute Gasteiger partial charge is 0.377 e. The second-order valence-corrected chi connectivity index (χ2v) is 8.27. The van der Waals surface area contributed by atoms with Gasteiger partial charge in [0.25, 0.3) is 0 Å². The van der Waals surface area contributed by atoms with Gasteiger partial charge in [0.1, 0.15) is 0 Å². The molecule has 0 bridgehead atoms. The molecule has 0 radical (unpaired) electrons. The molecule has 5 rings (SSSR count). The van der Waals surface area contributed by atoms with E-state index in [-0.39, 0.29) is 12.1 Å². The lowest BCUT2D eigenvalue weighted by molar-refractivity contribution is 0.0747. The first-order valence-corrected chi connectivity index (χ1v) is 10.8. The van der Waals surface area contributed by atoms with Crippen LogP contribution in [0.4, 0.5) is 5.95 Å². The van der Waals surface area contributed by atoms with Crippen LogP contribution in [-0.2, 0) is 4.74 Å². The van der Waals surface area contributed by atoms with Crippen molar-refractivity contribution >= 4 is 17.5 Å². The van der Waals surface area contributed by atoms with E-state index in [1.165, 1.54) is 0 Å². The number of benzene rings is 2. The van der Waals surface area contributed by atoms with Crippen LogP contribution in [0.3, 0.4) is 0 Å². The van der Waals surface area contributed by atoms with E-state index in [1.54, 1.807) is 10.9 Å². The maximum Gasteiger partial charge on any atom is 0.226 e. The second kappa shape index (κ2) is 8.64. The van der Waals surface area contributed by atoms with Gasteiger partial charge in [-0.15, -0.1) is 5.10 Å². The predicted octanol–water partition coefficient (Wildman–Crippen LogP) is 4.05. The van der Waals surface area contributed by atoms with Gasteiger partial charge >= 0.3 is 0 Å². The molecule has 0 aliphatic carbocycles. The first-order chi connectivity index (χ1) is 15.6. The predicted molar refractivity (Wildman–Crippen MR) is 123 cm³/mol. The van der Waals surface area contributed by atoms with E-state index in [9.17, 15) is 0 Å². The number of tetrazole rings is 1. The number of hydrogen-bond acceptors (Lipinski definition) is 7. The molecule has 0 unspecified atom stereocenters. The number of ether oxygens (including phenoxy) is 1. The summed E-state index contributed by atoms with van der Waals surface area (Å²) in [6.45, 7) is 5.49. The smallest absolute Gasteiger partial charge is 0.226 e. The molecule has 162 valence electrons. The van der Waals surface area contributed by atoms with Gasteiger partial charge in [0, 0.05) is 16.8 Å². The Kier molecular flexibility index (Phi) is 5.55. The van der Waals surface area contributed by atoms with Gasteiger partial charge in [-0.1, -0.05) is 41.9 Å². The van der Waals surface area contributed by atoms with Crippen LogP contribution < -0.4 is 4.90 Å². The number of morpholine rings is 1. The van der Waals surface area contributed by atoms with Crippen LogP contribution in [0.25, 0.3) is 28.3 Å². The average Bonchev–Trinajstić information content (AvgIpc) is 3.29. The van der Waals surface area contributed by atoms with E-state index in [0.29, 0.717) is 30.0 Å². The minimum Gasteiger partial charge on any atom is -0.377 e. The van der Waals surface area contributed by atoms with Gasteiger partial charge in [-0.25, -0.2) is 9.97 Å². The third-order valence-corrected chi connectivity index (χ3v) is 5.72. The van der Waals surface area contributed by atoms with E-state index in [4.69, 9.17) is 26.3 Å². The molecule has 1 fully saturated rings. The fourth-order valence-corrected chi connectivity index (χ4v) is 4.20. The van der Waals surface area contributed by atoms with Crippen molar-refractivity contribution in [2.45, 2.75) is 25.9 Å². The van der Waals surface area contributed by atoms with E-state index >= 15 is 0 Å². The lowest BCUT2D eigenvalue weighted by Gasteiger charge is -2.38. The van der Waals surface area contributed by atoms with Crippen molar-refractivity contribution in [1.82, 2.24) is 30.2 Å². The number of anilines is 1. The van der Waals surface area contributed by atoms with Crippen molar-refractivity contribution in [3.05, 3.63) is 65.8 Å². The lowest BCUT2D eigenvalue weighted by Crippen LogP contribution is -2.50. The Morgan fingerprint density at radius 1 is 1.00 bits per heavy atom. The average molecular weight is 448 g/mol. The molecule has 2 atom stereocenters. The van der Waals surface area contributed by atoms with Gasteiger partial charge in [-0.05, 0) is 48.5 Å². The molecule has 1 aliphatic heterocycles. The summed E-state index contributed by atoms with van der Waals surface area (Å²) in [4.78, 5) is 11.9. The van der Waals surface area contributed by atoms with Crippen molar-refractivity contribution in [3.63, 3.8) is 0 Å². The van der Waals surface area contributed by atoms with E-state index in [1.807, 2.05) is 54.6 Å². The van der Waals surface area contributed by atoms with Gasteiger partial charge < -0.3 is 9.64 Å². The Morgan fingerprint density at radius 2 is 1.78 bits per heavy atom. The highest BCUT2D eigenvalue weighted by molar-refractivity contribution is 6.30. The molecule has 2 aromatic heterocycles. The second-order valence-electron chi connectivity index (χ2n) is 7.84. The Bertz CT molecular complexity index is 1220. The molecule has 3 heterocycles. The lowest BCUT2D eigenvalue weighted by atomic mass is 10.1. The topological polar surface area (TPSA) is 81.9 Å². The molecule has 9 heteroatoms. The highest BCUT2D eigenvalue weighted by Gasteiger charge is 2.29. The quantitative estimate of drug-likeness (QED) is 0.466. The number of halogens is 1. The first kappa shape index (κ1) is 20.5. The van der Waals surface area contributed by atoms with Crippen molar-refractivity contribution in [2.24, 2.45) is 0 Å². The monoisotopic (exact) mass is 447 g/mol. The highest BCUT2D eigenvalue weighted by atomic mass is 35.5. The number of hydrogen-bond donors (Lipinski definition) is 0. The Hall–Kier alpha value is -3.36. The Balaban J connectivity index is 1.68. The molecule has 0 saturated carbocycles. The zero-order valence-corrected chi connectivity index (χ0v) is 18.5. The molecule has 8 nitrogen and oxygen atoms in total. The summed E-state index contributed by atoms with van der Waals surface area (Å²) < 4.78 is 7.37. The molecule has 4 aromatic rings. The van der Waals surface area contributed by atoms with Crippen LogP contribution >= 0.6 is 11.6 Å². The molecule has 0 spiro atoms. The summed E-state index contributed by atoms with van der Waals surface area (Å²) in [6.07, 6.45) is 1.79. The van der Waals surface area contributed by atoms with Gasteiger partial charge in [0.2, 0.25) is 5.95 Å². The van der Waals surface area contributed by atoms with Crippen LogP contribution in [0.2, 0.25) is 5.02 Å². The SMILES string of the molecule is C[C@H]1COC[C@H](C)N1c1ncc(-c2nnnn2-c2ccccc2)c(-c2cccc(Cl)c2)n1. The standard InChI is InChI=1S/C23H22ClN7O/c1-15-13-32-14-16(2)30(15)23-25-12-20(21(26-23)17-7-6-8-18(24)11-17)22-27-28-29-31(22)19-9-4-3-5-10-19/h3-12,15-16H,13-14H2,1-2H3/t15-,16-/m0/s1. The van der Waals surface area contributed by atoms with Crippen molar-refractivity contribution < 1.29 is 4.74 Å². The summed E-state index contributed by atoms with van der Waals surface area (Å²) in [5.74, 6) is 1.20. The molecule has 32 heavy (non-hydrogen) atoms. The molecule has 0 N–H and O–H groups in total. The van der Waals surface area contributed by atoms with Crippen LogP contribution in [-0.4, -0.2) is 55.5 Å². The van der Waals surface area contributed by atoms with Gasteiger partial charge in [0.05, 0.1) is 42.2 Å².